The minimum absolute atomic E-state index is 0.0300. The number of carbonyl (C=O) groups is 5. The highest BCUT2D eigenvalue weighted by Crippen LogP contribution is 2.09. The first-order valence-corrected chi connectivity index (χ1v) is 11.6. The second-order valence-corrected chi connectivity index (χ2v) is 9.05. The van der Waals surface area contributed by atoms with Gasteiger partial charge in [-0.15, -0.1) is 0 Å². The van der Waals surface area contributed by atoms with Gasteiger partial charge >= 0.3 is 11.9 Å². The Hall–Kier alpha value is -3.51. The third-order valence-electron chi connectivity index (χ3n) is 5.30. The molecule has 0 saturated carbocycles. The third kappa shape index (κ3) is 10.8. The number of hydrogen-bond donors (Lipinski definition) is 7. The Morgan fingerprint density at radius 2 is 1.44 bits per heavy atom. The highest BCUT2D eigenvalue weighted by molar-refractivity contribution is 5.94. The number of carboxylic acids is 2. The van der Waals surface area contributed by atoms with Crippen LogP contribution >= 0.6 is 0 Å². The van der Waals surface area contributed by atoms with E-state index in [2.05, 4.69) is 16.0 Å². The largest absolute Gasteiger partial charge is 0.481 e. The Morgan fingerprint density at radius 1 is 0.861 bits per heavy atom. The number of aliphatic hydroxyl groups is 1. The molecule has 5 atom stereocenters. The van der Waals surface area contributed by atoms with Gasteiger partial charge in [0, 0.05) is 6.42 Å². The molecule has 0 radical (unpaired) electrons. The molecule has 0 aromatic heterocycles. The highest BCUT2D eigenvalue weighted by atomic mass is 16.4. The van der Waals surface area contributed by atoms with Gasteiger partial charge in [0.05, 0.1) is 12.1 Å². The number of aliphatic hydroxyl groups excluding tert-OH is 1. The van der Waals surface area contributed by atoms with Crippen LogP contribution in [0.5, 0.6) is 0 Å². The number of nitrogens with one attached hydrogen (secondary N) is 3. The van der Waals surface area contributed by atoms with Crippen LogP contribution in [0.15, 0.2) is 30.3 Å². The number of amides is 3. The van der Waals surface area contributed by atoms with E-state index < -0.39 is 66.4 Å². The lowest BCUT2D eigenvalue weighted by atomic mass is 10.0. The van der Waals surface area contributed by atoms with Crippen LogP contribution in [0, 0.1) is 5.92 Å². The summed E-state index contributed by atoms with van der Waals surface area (Å²) in [5, 5.41) is 35.2. The Kier molecular flexibility index (Phi) is 12.5. The zero-order chi connectivity index (χ0) is 27.4. The lowest BCUT2D eigenvalue weighted by molar-refractivity contribution is -0.144. The summed E-state index contributed by atoms with van der Waals surface area (Å²) in [6.45, 7) is 4.88. The van der Waals surface area contributed by atoms with E-state index in [4.69, 9.17) is 10.8 Å². The maximum absolute atomic E-state index is 13.0. The maximum Gasteiger partial charge on any atom is 0.326 e. The predicted molar refractivity (Wildman–Crippen MR) is 130 cm³/mol. The van der Waals surface area contributed by atoms with Crippen molar-refractivity contribution in [3.05, 3.63) is 35.9 Å². The fourth-order valence-electron chi connectivity index (χ4n) is 3.39. The number of rotatable bonds is 15. The van der Waals surface area contributed by atoms with Crippen LogP contribution in [0.3, 0.4) is 0 Å². The molecule has 0 heterocycles. The molecule has 0 aliphatic carbocycles. The number of carboxylic acid groups (broad SMARTS) is 2. The lowest BCUT2D eigenvalue weighted by Gasteiger charge is -2.27. The fourth-order valence-corrected chi connectivity index (χ4v) is 3.39. The average Bonchev–Trinajstić information content (AvgIpc) is 2.79. The summed E-state index contributed by atoms with van der Waals surface area (Å²) in [5.41, 5.74) is 6.85. The van der Waals surface area contributed by atoms with Gasteiger partial charge in [-0.1, -0.05) is 44.2 Å². The SMILES string of the molecule is CC(C)CC(NC(=O)C(N)Cc1ccccc1)C(=O)NC(C(=O)NC(CCC(=O)O)C(=O)O)C(C)O. The van der Waals surface area contributed by atoms with Gasteiger partial charge in [0.25, 0.3) is 0 Å². The highest BCUT2D eigenvalue weighted by Gasteiger charge is 2.33. The summed E-state index contributed by atoms with van der Waals surface area (Å²) in [7, 11) is 0. The van der Waals surface area contributed by atoms with Gasteiger partial charge in [-0.05, 0) is 37.7 Å². The molecule has 1 rings (SSSR count). The van der Waals surface area contributed by atoms with Gasteiger partial charge in [0.15, 0.2) is 0 Å². The van der Waals surface area contributed by atoms with Crippen molar-refractivity contribution >= 4 is 29.7 Å². The van der Waals surface area contributed by atoms with E-state index in [0.29, 0.717) is 0 Å². The summed E-state index contributed by atoms with van der Waals surface area (Å²) in [6, 6.07) is 4.00. The third-order valence-corrected chi connectivity index (χ3v) is 5.30. The molecule has 12 heteroatoms. The Balaban J connectivity index is 2.92. The smallest absolute Gasteiger partial charge is 0.326 e. The standard InChI is InChI=1S/C24H36N4O8/c1-13(2)11-18(27-21(32)16(25)12-15-7-5-4-6-8-15)22(33)28-20(14(3)29)23(34)26-17(24(35)36)9-10-19(30)31/h4-8,13-14,16-18,20,29H,9-12,25H2,1-3H3,(H,26,34)(H,27,32)(H,28,33)(H,30,31)(H,35,36). The van der Waals surface area contributed by atoms with Crippen molar-refractivity contribution in [1.82, 2.24) is 16.0 Å². The van der Waals surface area contributed by atoms with E-state index in [9.17, 15) is 34.2 Å². The van der Waals surface area contributed by atoms with Crippen LogP contribution in [0.25, 0.3) is 0 Å². The molecule has 0 spiro atoms. The zero-order valence-electron chi connectivity index (χ0n) is 20.6. The normalized spacial score (nSPS) is 15.2. The summed E-state index contributed by atoms with van der Waals surface area (Å²) in [6.07, 6.45) is -1.86. The molecule has 8 N–H and O–H groups in total. The minimum atomic E-state index is -1.55. The molecule has 0 saturated heterocycles. The van der Waals surface area contributed by atoms with Crippen LogP contribution in [0.1, 0.15) is 45.6 Å². The number of carbonyl (C=O) groups excluding carboxylic acids is 3. The van der Waals surface area contributed by atoms with E-state index in [-0.39, 0.29) is 25.2 Å². The van der Waals surface area contributed by atoms with Crippen molar-refractivity contribution in [2.45, 2.75) is 76.7 Å². The molecule has 12 nitrogen and oxygen atoms in total. The van der Waals surface area contributed by atoms with Crippen molar-refractivity contribution < 1.29 is 39.3 Å². The molecular formula is C24H36N4O8. The van der Waals surface area contributed by atoms with Crippen LogP contribution in [-0.2, 0) is 30.4 Å². The first kappa shape index (κ1) is 30.5. The summed E-state index contributed by atoms with van der Waals surface area (Å²) in [4.78, 5) is 60.5. The van der Waals surface area contributed by atoms with Crippen molar-refractivity contribution in [3.63, 3.8) is 0 Å². The molecule has 0 aliphatic heterocycles. The van der Waals surface area contributed by atoms with Gasteiger partial charge in [-0.2, -0.15) is 0 Å². The monoisotopic (exact) mass is 508 g/mol. The van der Waals surface area contributed by atoms with Crippen molar-refractivity contribution in [1.29, 1.82) is 0 Å². The molecule has 3 amide bonds. The average molecular weight is 509 g/mol. The van der Waals surface area contributed by atoms with Crippen molar-refractivity contribution in [2.75, 3.05) is 0 Å². The quantitative estimate of drug-likeness (QED) is 0.161. The summed E-state index contributed by atoms with van der Waals surface area (Å²) < 4.78 is 0. The Morgan fingerprint density at radius 3 is 1.94 bits per heavy atom. The first-order valence-electron chi connectivity index (χ1n) is 11.6. The molecule has 0 aliphatic rings. The Labute approximate surface area is 209 Å². The molecule has 1 aromatic rings. The van der Waals surface area contributed by atoms with E-state index in [0.717, 1.165) is 5.56 Å². The molecular weight excluding hydrogens is 472 g/mol. The lowest BCUT2D eigenvalue weighted by Crippen LogP contribution is -2.60. The molecule has 200 valence electrons. The van der Waals surface area contributed by atoms with E-state index in [1.54, 1.807) is 0 Å². The number of nitrogens with two attached hydrogens (primary N) is 1. The van der Waals surface area contributed by atoms with Crippen LogP contribution < -0.4 is 21.7 Å². The summed E-state index contributed by atoms with van der Waals surface area (Å²) >= 11 is 0. The van der Waals surface area contributed by atoms with Crippen LogP contribution in [0.4, 0.5) is 0 Å². The van der Waals surface area contributed by atoms with Crippen molar-refractivity contribution in [2.24, 2.45) is 11.7 Å². The summed E-state index contributed by atoms with van der Waals surface area (Å²) in [5.74, 6) is -5.07. The number of aliphatic carboxylic acids is 2. The van der Waals surface area contributed by atoms with Gasteiger partial charge in [-0.25, -0.2) is 4.79 Å². The predicted octanol–water partition coefficient (Wildman–Crippen LogP) is -0.613. The second-order valence-electron chi connectivity index (χ2n) is 9.05. The van der Waals surface area contributed by atoms with Gasteiger partial charge in [0.2, 0.25) is 17.7 Å². The topological polar surface area (TPSA) is 208 Å². The zero-order valence-corrected chi connectivity index (χ0v) is 20.6. The molecule has 1 aromatic carbocycles. The van der Waals surface area contributed by atoms with E-state index in [1.165, 1.54) is 6.92 Å². The van der Waals surface area contributed by atoms with Crippen molar-refractivity contribution in [3.8, 4) is 0 Å². The number of hydrogen-bond acceptors (Lipinski definition) is 7. The molecule has 0 fully saturated rings. The van der Waals surface area contributed by atoms with Crippen LogP contribution in [-0.4, -0.2) is 75.3 Å². The first-order chi connectivity index (χ1) is 16.8. The molecule has 5 unspecified atom stereocenters. The number of benzene rings is 1. The van der Waals surface area contributed by atoms with E-state index in [1.807, 2.05) is 44.2 Å². The van der Waals surface area contributed by atoms with Crippen LogP contribution in [0.2, 0.25) is 0 Å². The Bertz CT molecular complexity index is 907. The maximum atomic E-state index is 13.0. The van der Waals surface area contributed by atoms with Gasteiger partial charge < -0.3 is 37.0 Å². The second kappa shape index (κ2) is 14.8. The minimum Gasteiger partial charge on any atom is -0.481 e. The molecule has 0 bridgehead atoms. The fraction of sp³-hybridized carbons (Fsp3) is 0.542. The van der Waals surface area contributed by atoms with Gasteiger partial charge in [-0.3, -0.25) is 19.2 Å². The molecule has 36 heavy (non-hydrogen) atoms. The van der Waals surface area contributed by atoms with Gasteiger partial charge in [0.1, 0.15) is 18.1 Å². The van der Waals surface area contributed by atoms with E-state index >= 15 is 0 Å².